The molecule has 1 aromatic heterocycles. The van der Waals surface area contributed by atoms with Crippen LogP contribution in [0.1, 0.15) is 31.4 Å². The van der Waals surface area contributed by atoms with Crippen LogP contribution in [0.4, 0.5) is 10.5 Å². The Morgan fingerprint density at radius 3 is 2.77 bits per heavy atom. The van der Waals surface area contributed by atoms with E-state index in [1.54, 1.807) is 19.2 Å². The summed E-state index contributed by atoms with van der Waals surface area (Å²) in [7, 11) is 3.48. The van der Waals surface area contributed by atoms with E-state index < -0.39 is 0 Å². The molecule has 7 nitrogen and oxygen atoms in total. The van der Waals surface area contributed by atoms with Gasteiger partial charge in [-0.1, -0.05) is 19.9 Å². The number of amides is 2. The molecule has 0 unspecified atom stereocenters. The highest BCUT2D eigenvalue weighted by Crippen LogP contribution is 2.16. The van der Waals surface area contributed by atoms with Gasteiger partial charge >= 0.3 is 6.03 Å². The van der Waals surface area contributed by atoms with Crippen LogP contribution >= 0.6 is 0 Å². The number of aromatic nitrogens is 3. The van der Waals surface area contributed by atoms with Crippen molar-refractivity contribution in [1.29, 1.82) is 0 Å². The average molecular weight is 303 g/mol. The third-order valence-electron chi connectivity index (χ3n) is 3.25. The normalized spacial score (nSPS) is 10.6. The molecule has 0 spiro atoms. The van der Waals surface area contributed by atoms with Gasteiger partial charge in [-0.25, -0.2) is 4.79 Å². The van der Waals surface area contributed by atoms with Crippen LogP contribution in [0.5, 0.6) is 5.75 Å². The van der Waals surface area contributed by atoms with Gasteiger partial charge in [0.15, 0.2) is 5.82 Å². The molecule has 0 atom stereocenters. The molecule has 2 N–H and O–H groups in total. The molecule has 2 rings (SSSR count). The number of hydrogen-bond donors (Lipinski definition) is 2. The van der Waals surface area contributed by atoms with Crippen LogP contribution in [0.2, 0.25) is 0 Å². The van der Waals surface area contributed by atoms with Gasteiger partial charge in [0.2, 0.25) is 0 Å². The summed E-state index contributed by atoms with van der Waals surface area (Å²) < 4.78 is 7.01. The van der Waals surface area contributed by atoms with Crippen molar-refractivity contribution in [3.8, 4) is 5.75 Å². The monoisotopic (exact) mass is 303 g/mol. The number of urea groups is 1. The van der Waals surface area contributed by atoms with Crippen LogP contribution in [0.15, 0.2) is 24.3 Å². The van der Waals surface area contributed by atoms with E-state index in [9.17, 15) is 4.79 Å². The quantitative estimate of drug-likeness (QED) is 0.888. The highest BCUT2D eigenvalue weighted by atomic mass is 16.5. The molecule has 0 bridgehead atoms. The van der Waals surface area contributed by atoms with E-state index in [1.807, 2.05) is 23.7 Å². The summed E-state index contributed by atoms with van der Waals surface area (Å²) in [6.45, 7) is 4.42. The van der Waals surface area contributed by atoms with E-state index in [0.29, 0.717) is 23.8 Å². The van der Waals surface area contributed by atoms with Gasteiger partial charge in [-0.3, -0.25) is 0 Å². The fourth-order valence-electron chi connectivity index (χ4n) is 2.07. The maximum Gasteiger partial charge on any atom is 0.319 e. The first-order chi connectivity index (χ1) is 10.5. The molecule has 1 aromatic carbocycles. The third-order valence-corrected chi connectivity index (χ3v) is 3.25. The van der Waals surface area contributed by atoms with Gasteiger partial charge in [-0.15, -0.1) is 10.2 Å². The zero-order valence-corrected chi connectivity index (χ0v) is 13.3. The molecule has 0 aliphatic heterocycles. The number of anilines is 1. The van der Waals surface area contributed by atoms with Crippen molar-refractivity contribution >= 4 is 11.7 Å². The molecule has 2 amide bonds. The van der Waals surface area contributed by atoms with E-state index in [-0.39, 0.29) is 11.9 Å². The minimum absolute atomic E-state index is 0.289. The van der Waals surface area contributed by atoms with Crippen LogP contribution in [-0.2, 0) is 13.6 Å². The summed E-state index contributed by atoms with van der Waals surface area (Å²) in [5.41, 5.74) is 0.665. The average Bonchev–Trinajstić information content (AvgIpc) is 2.86. The molecule has 0 radical (unpaired) electrons. The Morgan fingerprint density at radius 1 is 1.36 bits per heavy atom. The fourth-order valence-corrected chi connectivity index (χ4v) is 2.07. The van der Waals surface area contributed by atoms with E-state index in [1.165, 1.54) is 0 Å². The zero-order valence-electron chi connectivity index (χ0n) is 13.3. The number of nitrogens with one attached hydrogen (secondary N) is 2. The van der Waals surface area contributed by atoms with Gasteiger partial charge in [0, 0.05) is 24.7 Å². The molecule has 0 aliphatic rings. The standard InChI is InChI=1S/C15H21N5O2/c1-10(2)14-19-18-13(20(14)3)9-16-15(21)17-11-6-5-7-12(8-11)22-4/h5-8,10H,9H2,1-4H3,(H2,16,17,21). The molecule has 7 heteroatoms. The van der Waals surface area contributed by atoms with Crippen molar-refractivity contribution in [3.63, 3.8) is 0 Å². The third kappa shape index (κ3) is 3.75. The Balaban J connectivity index is 1.92. The molecule has 1 heterocycles. The highest BCUT2D eigenvalue weighted by Gasteiger charge is 2.12. The number of nitrogens with zero attached hydrogens (tertiary/aromatic N) is 3. The summed E-state index contributed by atoms with van der Waals surface area (Å²) in [6, 6.07) is 6.87. The largest absolute Gasteiger partial charge is 0.497 e. The van der Waals surface area contributed by atoms with Crippen LogP contribution < -0.4 is 15.4 Å². The molecular formula is C15H21N5O2. The van der Waals surface area contributed by atoms with E-state index in [2.05, 4.69) is 34.7 Å². The van der Waals surface area contributed by atoms with Crippen molar-refractivity contribution in [2.24, 2.45) is 7.05 Å². The Labute approximate surface area is 129 Å². The molecule has 22 heavy (non-hydrogen) atoms. The lowest BCUT2D eigenvalue weighted by Crippen LogP contribution is -2.29. The Morgan fingerprint density at radius 2 is 2.14 bits per heavy atom. The predicted molar refractivity (Wildman–Crippen MR) is 83.9 cm³/mol. The SMILES string of the molecule is COc1cccc(NC(=O)NCc2nnc(C(C)C)n2C)c1. The molecule has 0 saturated carbocycles. The first-order valence-electron chi connectivity index (χ1n) is 7.08. The van der Waals surface area contributed by atoms with Crippen molar-refractivity contribution in [3.05, 3.63) is 35.9 Å². The lowest BCUT2D eigenvalue weighted by molar-refractivity contribution is 0.251. The van der Waals surface area contributed by atoms with Crippen molar-refractivity contribution in [1.82, 2.24) is 20.1 Å². The van der Waals surface area contributed by atoms with Crippen LogP contribution in [0, 0.1) is 0 Å². The van der Waals surface area contributed by atoms with Gasteiger partial charge in [-0.2, -0.15) is 0 Å². The molecule has 2 aromatic rings. The van der Waals surface area contributed by atoms with E-state index in [4.69, 9.17) is 4.74 Å². The minimum Gasteiger partial charge on any atom is -0.497 e. The number of carbonyl (C=O) groups excluding carboxylic acids is 1. The molecule has 0 aliphatic carbocycles. The molecule has 0 fully saturated rings. The van der Waals surface area contributed by atoms with Gasteiger partial charge in [0.05, 0.1) is 13.7 Å². The van der Waals surface area contributed by atoms with Gasteiger partial charge < -0.3 is 19.9 Å². The van der Waals surface area contributed by atoms with E-state index in [0.717, 1.165) is 5.82 Å². The molecule has 0 saturated heterocycles. The second kappa shape index (κ2) is 6.93. The number of ether oxygens (including phenoxy) is 1. The fraction of sp³-hybridized carbons (Fsp3) is 0.400. The van der Waals surface area contributed by atoms with Crippen molar-refractivity contribution in [2.75, 3.05) is 12.4 Å². The van der Waals surface area contributed by atoms with Gasteiger partial charge in [0.1, 0.15) is 11.6 Å². The van der Waals surface area contributed by atoms with Crippen molar-refractivity contribution in [2.45, 2.75) is 26.3 Å². The number of hydrogen-bond acceptors (Lipinski definition) is 4. The Kier molecular flexibility index (Phi) is 4.98. The smallest absolute Gasteiger partial charge is 0.319 e. The van der Waals surface area contributed by atoms with Gasteiger partial charge in [-0.05, 0) is 12.1 Å². The highest BCUT2D eigenvalue weighted by molar-refractivity contribution is 5.89. The second-order valence-corrected chi connectivity index (χ2v) is 5.23. The number of benzene rings is 1. The molecular weight excluding hydrogens is 282 g/mol. The molecule has 118 valence electrons. The Hall–Kier alpha value is -2.57. The van der Waals surface area contributed by atoms with Crippen LogP contribution in [0.3, 0.4) is 0 Å². The lowest BCUT2D eigenvalue weighted by atomic mass is 10.2. The maximum atomic E-state index is 11.9. The zero-order chi connectivity index (χ0) is 16.1. The summed E-state index contributed by atoms with van der Waals surface area (Å²) in [5, 5.41) is 13.7. The van der Waals surface area contributed by atoms with Crippen LogP contribution in [-0.4, -0.2) is 27.9 Å². The van der Waals surface area contributed by atoms with Crippen molar-refractivity contribution < 1.29 is 9.53 Å². The van der Waals surface area contributed by atoms with Gasteiger partial charge in [0.25, 0.3) is 0 Å². The minimum atomic E-state index is -0.303. The topological polar surface area (TPSA) is 81.1 Å². The summed E-state index contributed by atoms with van der Waals surface area (Å²) >= 11 is 0. The summed E-state index contributed by atoms with van der Waals surface area (Å²) in [4.78, 5) is 11.9. The maximum absolute atomic E-state index is 11.9. The number of rotatable bonds is 5. The second-order valence-electron chi connectivity index (χ2n) is 5.23. The lowest BCUT2D eigenvalue weighted by Gasteiger charge is -2.09. The number of methoxy groups -OCH3 is 1. The summed E-state index contributed by atoms with van der Waals surface area (Å²) in [6.07, 6.45) is 0. The predicted octanol–water partition coefficient (Wildman–Crippen LogP) is 2.27. The Bertz CT molecular complexity index is 651. The first-order valence-corrected chi connectivity index (χ1v) is 7.08. The summed E-state index contributed by atoms with van der Waals surface area (Å²) in [5.74, 6) is 2.58. The first kappa shape index (κ1) is 15.8. The number of carbonyl (C=O) groups is 1. The van der Waals surface area contributed by atoms with Crippen LogP contribution in [0.25, 0.3) is 0 Å². The van der Waals surface area contributed by atoms with E-state index >= 15 is 0 Å².